The van der Waals surface area contributed by atoms with Crippen molar-refractivity contribution in [2.24, 2.45) is 23.7 Å². The maximum Gasteiger partial charge on any atom is 0.245 e. The molecule has 1 aliphatic rings. The van der Waals surface area contributed by atoms with Crippen molar-refractivity contribution in [1.29, 1.82) is 0 Å². The molecule has 1 aromatic carbocycles. The van der Waals surface area contributed by atoms with Crippen LogP contribution in [-0.4, -0.2) is 128 Å². The van der Waals surface area contributed by atoms with Gasteiger partial charge in [0.1, 0.15) is 6.04 Å². The van der Waals surface area contributed by atoms with Crippen molar-refractivity contribution < 1.29 is 33.8 Å². The number of likely N-dealkylation sites (N-methyl/N-ethyl adjacent to an activating group) is 2. The average Bonchev–Trinajstić information content (AvgIpc) is 3.06. The number of nitrogens with one attached hydrogen (secondary N) is 2. The number of aliphatic hydroxyl groups is 1. The van der Waals surface area contributed by atoms with E-state index in [1.165, 1.54) is 0 Å². The summed E-state index contributed by atoms with van der Waals surface area (Å²) in [7, 11) is 8.54. The molecule has 12 nitrogen and oxygen atoms in total. The van der Waals surface area contributed by atoms with Crippen LogP contribution in [-0.2, 0) is 28.7 Å². The lowest BCUT2D eigenvalue weighted by molar-refractivity contribution is -0.156. The van der Waals surface area contributed by atoms with Crippen molar-refractivity contribution in [3.63, 3.8) is 0 Å². The summed E-state index contributed by atoms with van der Waals surface area (Å²) in [6.45, 7) is 15.9. The molecule has 2 rings (SSSR count). The van der Waals surface area contributed by atoms with Crippen LogP contribution in [0.2, 0.25) is 0 Å². The lowest BCUT2D eigenvalue weighted by Gasteiger charge is -2.47. The molecule has 51 heavy (non-hydrogen) atoms. The second kappa shape index (κ2) is 20.3. The second-order valence-corrected chi connectivity index (χ2v) is 15.3. The molecule has 10 atom stereocenters. The molecule has 1 aliphatic heterocycles. The zero-order valence-corrected chi connectivity index (χ0v) is 33.4. The predicted octanol–water partition coefficient (Wildman–Crippen LogP) is 3.48. The minimum absolute atomic E-state index is 0.0127. The first-order valence-electron chi connectivity index (χ1n) is 18.5. The van der Waals surface area contributed by atoms with Gasteiger partial charge in [0.05, 0.1) is 54.8 Å². The standard InChI is InChI=1S/C39H67N5O7/c1-14-25(6)34(43(11)39(49)32(23(2)3)41-38(48)33(24(4)5)42(9)10)30(50-12)22-31(45)44-21-20-29(44)36(51-13)26(7)37(47)40-27(8)35(46)28-18-16-15-17-19-28/h15-19,23-27,29-30,32-36,46H,14,20-22H2,1-13H3,(H,40,47)(H,41,48)/t25-,26+,27+,29-,30+,32-,33-,34-,35+,36+/m0/s1. The molecule has 4 amide bonds. The summed E-state index contributed by atoms with van der Waals surface area (Å²) in [6, 6.07) is 6.73. The number of aliphatic hydroxyl groups excluding tert-OH is 1. The van der Waals surface area contributed by atoms with Gasteiger partial charge < -0.3 is 35.0 Å². The van der Waals surface area contributed by atoms with Crippen LogP contribution in [0.5, 0.6) is 0 Å². The largest absolute Gasteiger partial charge is 0.386 e. The second-order valence-electron chi connectivity index (χ2n) is 15.3. The highest BCUT2D eigenvalue weighted by atomic mass is 16.5. The van der Waals surface area contributed by atoms with Crippen LogP contribution in [0.4, 0.5) is 0 Å². The Morgan fingerprint density at radius 2 is 1.51 bits per heavy atom. The summed E-state index contributed by atoms with van der Waals surface area (Å²) in [5.41, 5.74) is 0.710. The maximum atomic E-state index is 14.1. The molecule has 0 saturated carbocycles. The molecule has 3 N–H and O–H groups in total. The number of methoxy groups -OCH3 is 2. The molecule has 0 bridgehead atoms. The number of ether oxygens (including phenoxy) is 2. The van der Waals surface area contributed by atoms with Crippen molar-refractivity contribution in [2.75, 3.05) is 41.9 Å². The molecule has 0 radical (unpaired) electrons. The first-order chi connectivity index (χ1) is 23.9. The Bertz CT molecular complexity index is 1250. The Morgan fingerprint density at radius 1 is 0.902 bits per heavy atom. The van der Waals surface area contributed by atoms with E-state index in [9.17, 15) is 24.3 Å². The third-order valence-electron chi connectivity index (χ3n) is 10.7. The van der Waals surface area contributed by atoms with Gasteiger partial charge in [-0.05, 0) is 50.8 Å². The van der Waals surface area contributed by atoms with Gasteiger partial charge in [0.15, 0.2) is 0 Å². The fraction of sp³-hybridized carbons (Fsp3) is 0.744. The van der Waals surface area contributed by atoms with E-state index in [1.807, 2.05) is 90.9 Å². The Hall–Kier alpha value is -3.06. The summed E-state index contributed by atoms with van der Waals surface area (Å²) in [5, 5.41) is 16.7. The lowest BCUT2D eigenvalue weighted by Crippen LogP contribution is -2.62. The Morgan fingerprint density at radius 3 is 1.96 bits per heavy atom. The number of nitrogens with zero attached hydrogens (tertiary/aromatic N) is 3. The van der Waals surface area contributed by atoms with Gasteiger partial charge in [0.2, 0.25) is 23.6 Å². The Kier molecular flexibility index (Phi) is 17.5. The summed E-state index contributed by atoms with van der Waals surface area (Å²) >= 11 is 0. The summed E-state index contributed by atoms with van der Waals surface area (Å²) in [6.07, 6.45) is -0.597. The van der Waals surface area contributed by atoms with Gasteiger partial charge in [-0.25, -0.2) is 0 Å². The van der Waals surface area contributed by atoms with Crippen molar-refractivity contribution in [3.8, 4) is 0 Å². The highest BCUT2D eigenvalue weighted by molar-refractivity contribution is 5.90. The van der Waals surface area contributed by atoms with Crippen LogP contribution in [0.15, 0.2) is 30.3 Å². The predicted molar refractivity (Wildman–Crippen MR) is 200 cm³/mol. The smallest absolute Gasteiger partial charge is 0.245 e. The van der Waals surface area contributed by atoms with Crippen molar-refractivity contribution in [3.05, 3.63) is 35.9 Å². The number of rotatable bonds is 20. The lowest BCUT2D eigenvalue weighted by atomic mass is 9.86. The van der Waals surface area contributed by atoms with Crippen molar-refractivity contribution in [1.82, 2.24) is 25.3 Å². The van der Waals surface area contributed by atoms with Crippen LogP contribution < -0.4 is 10.6 Å². The monoisotopic (exact) mass is 718 g/mol. The zero-order valence-electron chi connectivity index (χ0n) is 33.4. The molecule has 0 unspecified atom stereocenters. The first kappa shape index (κ1) is 44.1. The van der Waals surface area contributed by atoms with E-state index >= 15 is 0 Å². The number of carbonyl (C=O) groups excluding carboxylic acids is 4. The first-order valence-corrected chi connectivity index (χ1v) is 18.5. The van der Waals surface area contributed by atoms with E-state index in [-0.39, 0.29) is 53.8 Å². The molecule has 1 saturated heterocycles. The molecule has 1 fully saturated rings. The number of amides is 4. The minimum Gasteiger partial charge on any atom is -0.386 e. The SMILES string of the molecule is CC[C@H](C)[C@@H]([C@@H](CC(=O)N1CC[C@H]1[C@H](OC)[C@@H](C)C(=O)N[C@H](C)[C@@H](O)c1ccccc1)OC)N(C)C(=O)[C@@H](NC(=O)[C@H](C(C)C)N(C)C)C(C)C. The topological polar surface area (TPSA) is 141 Å². The van der Waals surface area contributed by atoms with Gasteiger partial charge in [-0.2, -0.15) is 0 Å². The van der Waals surface area contributed by atoms with Crippen LogP contribution in [0.1, 0.15) is 86.3 Å². The fourth-order valence-corrected chi connectivity index (χ4v) is 7.40. The third-order valence-corrected chi connectivity index (χ3v) is 10.7. The van der Waals surface area contributed by atoms with Crippen LogP contribution >= 0.6 is 0 Å². The van der Waals surface area contributed by atoms with E-state index < -0.39 is 48.4 Å². The van der Waals surface area contributed by atoms with E-state index in [0.717, 1.165) is 6.42 Å². The van der Waals surface area contributed by atoms with E-state index in [0.29, 0.717) is 18.5 Å². The Labute approximate surface area is 307 Å². The third kappa shape index (κ3) is 11.2. The molecular weight excluding hydrogens is 650 g/mol. The van der Waals surface area contributed by atoms with Gasteiger partial charge >= 0.3 is 0 Å². The molecule has 290 valence electrons. The molecule has 0 spiro atoms. The number of benzene rings is 1. The minimum atomic E-state index is -0.873. The summed E-state index contributed by atoms with van der Waals surface area (Å²) in [5.74, 6) is -1.57. The quantitative estimate of drug-likeness (QED) is 0.186. The van der Waals surface area contributed by atoms with E-state index in [2.05, 4.69) is 10.6 Å². The molecule has 1 aromatic rings. The zero-order chi connectivity index (χ0) is 38.7. The molecule has 12 heteroatoms. The molecular formula is C39H67N5O7. The maximum absolute atomic E-state index is 14.1. The molecule has 0 aliphatic carbocycles. The van der Waals surface area contributed by atoms with Gasteiger partial charge in [0, 0.05) is 27.8 Å². The van der Waals surface area contributed by atoms with Gasteiger partial charge in [0.25, 0.3) is 0 Å². The Balaban J connectivity index is 2.20. The van der Waals surface area contributed by atoms with Crippen LogP contribution in [0, 0.1) is 23.7 Å². The highest BCUT2D eigenvalue weighted by Crippen LogP contribution is 2.30. The number of likely N-dealkylation sites (tertiary alicyclic amines) is 1. The van der Waals surface area contributed by atoms with E-state index in [1.54, 1.807) is 44.9 Å². The van der Waals surface area contributed by atoms with Crippen molar-refractivity contribution >= 4 is 23.6 Å². The fourth-order valence-electron chi connectivity index (χ4n) is 7.40. The van der Waals surface area contributed by atoms with Crippen molar-refractivity contribution in [2.45, 2.75) is 123 Å². The molecule has 1 heterocycles. The highest BCUT2D eigenvalue weighted by Gasteiger charge is 2.45. The van der Waals surface area contributed by atoms with Gasteiger partial charge in [-0.15, -0.1) is 0 Å². The van der Waals surface area contributed by atoms with Crippen LogP contribution in [0.3, 0.4) is 0 Å². The summed E-state index contributed by atoms with van der Waals surface area (Å²) in [4.78, 5) is 60.1. The number of carbonyl (C=O) groups is 4. The summed E-state index contributed by atoms with van der Waals surface area (Å²) < 4.78 is 11.8. The van der Waals surface area contributed by atoms with Gasteiger partial charge in [-0.1, -0.05) is 85.2 Å². The van der Waals surface area contributed by atoms with E-state index in [4.69, 9.17) is 9.47 Å². The normalized spacial score (nSPS) is 20.0. The average molecular weight is 718 g/mol. The number of hydrogen-bond acceptors (Lipinski definition) is 8. The van der Waals surface area contributed by atoms with Crippen LogP contribution in [0.25, 0.3) is 0 Å². The molecule has 0 aromatic heterocycles. The number of hydrogen-bond donors (Lipinski definition) is 3. The van der Waals surface area contributed by atoms with Gasteiger partial charge in [-0.3, -0.25) is 24.1 Å².